The molecule has 0 aliphatic heterocycles. The van der Waals surface area contributed by atoms with Crippen molar-refractivity contribution in [1.82, 2.24) is 0 Å². The van der Waals surface area contributed by atoms with Crippen molar-refractivity contribution >= 4 is 10.8 Å². The number of rotatable bonds is 4. The molecule has 0 radical (unpaired) electrons. The highest BCUT2D eigenvalue weighted by Crippen LogP contribution is 2.43. The lowest BCUT2D eigenvalue weighted by atomic mass is 9.93. The van der Waals surface area contributed by atoms with Gasteiger partial charge in [-0.05, 0) is 28.5 Å². The third-order valence-corrected chi connectivity index (χ3v) is 3.72. The van der Waals surface area contributed by atoms with Crippen LogP contribution in [0, 0.1) is 0 Å². The minimum absolute atomic E-state index is 0.0421. The number of alkyl halides is 3. The summed E-state index contributed by atoms with van der Waals surface area (Å²) in [5.74, 6) is 0.354. The minimum atomic E-state index is -4.45. The average molecular weight is 332 g/mol. The SMILES string of the molecule is COCOc1ccc2ccccc2c1-c1ccccc1C(F)(F)F. The highest BCUT2D eigenvalue weighted by atomic mass is 19.4. The molecule has 0 fully saturated rings. The molecule has 0 spiro atoms. The zero-order valence-electron chi connectivity index (χ0n) is 12.9. The summed E-state index contributed by atoms with van der Waals surface area (Å²) in [5, 5.41) is 1.54. The molecule has 124 valence electrons. The van der Waals surface area contributed by atoms with E-state index in [2.05, 4.69) is 0 Å². The van der Waals surface area contributed by atoms with Crippen molar-refractivity contribution in [3.05, 3.63) is 66.2 Å². The molecule has 0 saturated carbocycles. The van der Waals surface area contributed by atoms with Crippen LogP contribution in [0.15, 0.2) is 60.7 Å². The molecule has 0 saturated heterocycles. The predicted molar refractivity (Wildman–Crippen MR) is 86.9 cm³/mol. The van der Waals surface area contributed by atoms with E-state index in [4.69, 9.17) is 9.47 Å². The van der Waals surface area contributed by atoms with E-state index in [0.717, 1.165) is 11.5 Å². The first-order chi connectivity index (χ1) is 11.5. The number of hydrogen-bond donors (Lipinski definition) is 0. The van der Waals surface area contributed by atoms with E-state index in [1.165, 1.54) is 19.2 Å². The van der Waals surface area contributed by atoms with Gasteiger partial charge in [0.05, 0.1) is 5.56 Å². The molecule has 0 atom stereocenters. The Hall–Kier alpha value is -2.53. The summed E-state index contributed by atoms with van der Waals surface area (Å²) >= 11 is 0. The molecule has 0 aromatic heterocycles. The van der Waals surface area contributed by atoms with Crippen molar-refractivity contribution in [2.24, 2.45) is 0 Å². The van der Waals surface area contributed by atoms with Gasteiger partial charge in [0.1, 0.15) is 5.75 Å². The number of fused-ring (bicyclic) bond motifs is 1. The lowest BCUT2D eigenvalue weighted by Crippen LogP contribution is -2.08. The topological polar surface area (TPSA) is 18.5 Å². The normalized spacial score (nSPS) is 11.7. The van der Waals surface area contributed by atoms with Gasteiger partial charge in [0.25, 0.3) is 0 Å². The molecule has 5 heteroatoms. The molecule has 3 aromatic carbocycles. The first-order valence-corrected chi connectivity index (χ1v) is 7.32. The number of methoxy groups -OCH3 is 1. The summed E-state index contributed by atoms with van der Waals surface area (Å²) in [4.78, 5) is 0. The van der Waals surface area contributed by atoms with Crippen molar-refractivity contribution in [3.63, 3.8) is 0 Å². The summed E-state index contributed by atoms with van der Waals surface area (Å²) in [6.07, 6.45) is -4.45. The Bertz CT molecular complexity index is 857. The molecule has 0 aliphatic carbocycles. The average Bonchev–Trinajstić information content (AvgIpc) is 2.58. The first kappa shape index (κ1) is 16.3. The van der Waals surface area contributed by atoms with Gasteiger partial charge in [-0.1, -0.05) is 48.5 Å². The highest BCUT2D eigenvalue weighted by molar-refractivity contribution is 6.00. The van der Waals surface area contributed by atoms with Crippen LogP contribution in [0.5, 0.6) is 5.75 Å². The number of benzene rings is 3. The fraction of sp³-hybridized carbons (Fsp3) is 0.158. The predicted octanol–water partition coefficient (Wildman–Crippen LogP) is 5.51. The molecule has 0 bridgehead atoms. The lowest BCUT2D eigenvalue weighted by Gasteiger charge is -2.18. The molecule has 0 N–H and O–H groups in total. The maximum atomic E-state index is 13.5. The Morgan fingerprint density at radius 3 is 2.33 bits per heavy atom. The molecular weight excluding hydrogens is 317 g/mol. The lowest BCUT2D eigenvalue weighted by molar-refractivity contribution is -0.137. The van der Waals surface area contributed by atoms with Crippen molar-refractivity contribution < 1.29 is 22.6 Å². The highest BCUT2D eigenvalue weighted by Gasteiger charge is 2.34. The summed E-state index contributed by atoms with van der Waals surface area (Å²) in [6, 6.07) is 16.3. The Balaban J connectivity index is 2.32. The quantitative estimate of drug-likeness (QED) is 0.587. The van der Waals surface area contributed by atoms with Gasteiger partial charge in [0.2, 0.25) is 0 Å². The van der Waals surface area contributed by atoms with E-state index >= 15 is 0 Å². The zero-order chi connectivity index (χ0) is 17.2. The van der Waals surface area contributed by atoms with E-state index in [1.807, 2.05) is 18.2 Å². The van der Waals surface area contributed by atoms with Crippen LogP contribution in [0.25, 0.3) is 21.9 Å². The van der Waals surface area contributed by atoms with Crippen LogP contribution in [0.4, 0.5) is 13.2 Å². The van der Waals surface area contributed by atoms with Gasteiger partial charge in [-0.2, -0.15) is 13.2 Å². The monoisotopic (exact) mass is 332 g/mol. The van der Waals surface area contributed by atoms with E-state index in [0.29, 0.717) is 16.7 Å². The van der Waals surface area contributed by atoms with Gasteiger partial charge in [-0.25, -0.2) is 0 Å². The molecule has 3 aromatic rings. The third kappa shape index (κ3) is 3.08. The molecule has 24 heavy (non-hydrogen) atoms. The van der Waals surface area contributed by atoms with Gasteiger partial charge in [0.15, 0.2) is 6.79 Å². The maximum absolute atomic E-state index is 13.5. The Labute approximate surface area is 137 Å². The van der Waals surface area contributed by atoms with Crippen molar-refractivity contribution in [1.29, 1.82) is 0 Å². The molecule has 0 amide bonds. The second-order valence-electron chi connectivity index (χ2n) is 5.25. The fourth-order valence-corrected chi connectivity index (χ4v) is 2.72. The van der Waals surface area contributed by atoms with Crippen molar-refractivity contribution in [3.8, 4) is 16.9 Å². The number of hydrogen-bond acceptors (Lipinski definition) is 2. The fourth-order valence-electron chi connectivity index (χ4n) is 2.72. The van der Waals surface area contributed by atoms with E-state index in [1.54, 1.807) is 24.3 Å². The smallest absolute Gasteiger partial charge is 0.417 e. The summed E-state index contributed by atoms with van der Waals surface area (Å²) in [7, 11) is 1.46. The molecule has 0 unspecified atom stereocenters. The van der Waals surface area contributed by atoms with Gasteiger partial charge in [-0.3, -0.25) is 0 Å². The largest absolute Gasteiger partial charge is 0.467 e. The van der Waals surface area contributed by atoms with Crippen LogP contribution in [-0.2, 0) is 10.9 Å². The molecule has 3 rings (SSSR count). The number of halogens is 3. The number of ether oxygens (including phenoxy) is 2. The van der Waals surface area contributed by atoms with Gasteiger partial charge in [-0.15, -0.1) is 0 Å². The summed E-state index contributed by atoms with van der Waals surface area (Å²) in [5.41, 5.74) is -0.186. The maximum Gasteiger partial charge on any atom is 0.417 e. The van der Waals surface area contributed by atoms with Gasteiger partial charge < -0.3 is 9.47 Å². The summed E-state index contributed by atoms with van der Waals surface area (Å²) < 4.78 is 50.8. The Morgan fingerprint density at radius 2 is 1.58 bits per heavy atom. The van der Waals surface area contributed by atoms with E-state index < -0.39 is 11.7 Å². The molecular formula is C19H15F3O2. The minimum Gasteiger partial charge on any atom is -0.467 e. The second-order valence-corrected chi connectivity index (χ2v) is 5.25. The third-order valence-electron chi connectivity index (χ3n) is 3.72. The van der Waals surface area contributed by atoms with Crippen molar-refractivity contribution in [2.45, 2.75) is 6.18 Å². The van der Waals surface area contributed by atoms with Crippen LogP contribution >= 0.6 is 0 Å². The summed E-state index contributed by atoms with van der Waals surface area (Å²) in [6.45, 7) is -0.0421. The van der Waals surface area contributed by atoms with Crippen LogP contribution in [0.2, 0.25) is 0 Å². The Morgan fingerprint density at radius 1 is 0.875 bits per heavy atom. The van der Waals surface area contributed by atoms with Gasteiger partial charge >= 0.3 is 6.18 Å². The van der Waals surface area contributed by atoms with Crippen LogP contribution in [0.3, 0.4) is 0 Å². The zero-order valence-corrected chi connectivity index (χ0v) is 12.9. The second kappa shape index (κ2) is 6.53. The molecule has 0 aliphatic rings. The van der Waals surface area contributed by atoms with E-state index in [9.17, 15) is 13.2 Å². The molecule has 0 heterocycles. The molecule has 2 nitrogen and oxygen atoms in total. The van der Waals surface area contributed by atoms with Gasteiger partial charge in [0, 0.05) is 12.7 Å². The first-order valence-electron chi connectivity index (χ1n) is 7.32. The van der Waals surface area contributed by atoms with E-state index in [-0.39, 0.29) is 12.4 Å². The van der Waals surface area contributed by atoms with Crippen molar-refractivity contribution in [2.75, 3.05) is 13.9 Å². The Kier molecular flexibility index (Phi) is 4.44. The van der Waals surface area contributed by atoms with Crippen LogP contribution in [-0.4, -0.2) is 13.9 Å². The van der Waals surface area contributed by atoms with Crippen LogP contribution in [0.1, 0.15) is 5.56 Å². The van der Waals surface area contributed by atoms with Crippen LogP contribution < -0.4 is 4.74 Å². The standard InChI is InChI=1S/C19H15F3O2/c1-23-12-24-17-11-10-13-6-2-3-7-14(13)18(17)15-8-4-5-9-16(15)19(20,21)22/h2-11H,12H2,1H3.